The van der Waals surface area contributed by atoms with Gasteiger partial charge in [-0.05, 0) is 43.5 Å². The summed E-state index contributed by atoms with van der Waals surface area (Å²) in [5.74, 6) is 1.60. The minimum absolute atomic E-state index is 0.0914. The SMILES string of the molecule is COc1ccc(-c2ncc3c(n2)CCCC3N)cc1. The van der Waals surface area contributed by atoms with Crippen LogP contribution in [0.15, 0.2) is 30.5 Å². The minimum Gasteiger partial charge on any atom is -0.497 e. The molecule has 98 valence electrons. The number of benzene rings is 1. The van der Waals surface area contributed by atoms with Crippen molar-refractivity contribution in [3.8, 4) is 17.1 Å². The lowest BCUT2D eigenvalue weighted by molar-refractivity contribution is 0.415. The van der Waals surface area contributed by atoms with Gasteiger partial charge < -0.3 is 10.5 Å². The van der Waals surface area contributed by atoms with E-state index in [4.69, 9.17) is 10.5 Å². The molecule has 1 aliphatic carbocycles. The van der Waals surface area contributed by atoms with Crippen molar-refractivity contribution >= 4 is 0 Å². The third-order valence-corrected chi connectivity index (χ3v) is 3.58. The minimum atomic E-state index is 0.0914. The molecule has 1 aromatic carbocycles. The zero-order chi connectivity index (χ0) is 13.2. The summed E-state index contributed by atoms with van der Waals surface area (Å²) in [5, 5.41) is 0. The molecule has 1 aromatic heterocycles. The van der Waals surface area contributed by atoms with E-state index in [0.717, 1.165) is 47.7 Å². The van der Waals surface area contributed by atoms with Crippen molar-refractivity contribution in [3.63, 3.8) is 0 Å². The number of rotatable bonds is 2. The first-order valence-electron chi connectivity index (χ1n) is 6.54. The average Bonchev–Trinajstić information content (AvgIpc) is 2.47. The highest BCUT2D eigenvalue weighted by atomic mass is 16.5. The van der Waals surface area contributed by atoms with Gasteiger partial charge in [0, 0.05) is 29.1 Å². The van der Waals surface area contributed by atoms with Crippen LogP contribution in [0.25, 0.3) is 11.4 Å². The van der Waals surface area contributed by atoms with Gasteiger partial charge in [-0.15, -0.1) is 0 Å². The Labute approximate surface area is 112 Å². The highest BCUT2D eigenvalue weighted by Gasteiger charge is 2.19. The molecule has 0 radical (unpaired) electrons. The van der Waals surface area contributed by atoms with Crippen LogP contribution < -0.4 is 10.5 Å². The Balaban J connectivity index is 1.96. The lowest BCUT2D eigenvalue weighted by atomic mass is 9.93. The predicted molar refractivity (Wildman–Crippen MR) is 73.9 cm³/mol. The number of hydrogen-bond donors (Lipinski definition) is 1. The normalized spacial score (nSPS) is 17.9. The fraction of sp³-hybridized carbons (Fsp3) is 0.333. The van der Waals surface area contributed by atoms with E-state index in [0.29, 0.717) is 0 Å². The zero-order valence-corrected chi connectivity index (χ0v) is 11.0. The molecular formula is C15H17N3O. The highest BCUT2D eigenvalue weighted by molar-refractivity contribution is 5.56. The van der Waals surface area contributed by atoms with Gasteiger partial charge in [-0.1, -0.05) is 0 Å². The first-order chi connectivity index (χ1) is 9.28. The number of fused-ring (bicyclic) bond motifs is 1. The molecule has 1 unspecified atom stereocenters. The molecule has 3 rings (SSSR count). The zero-order valence-electron chi connectivity index (χ0n) is 11.0. The van der Waals surface area contributed by atoms with Gasteiger partial charge in [0.15, 0.2) is 5.82 Å². The van der Waals surface area contributed by atoms with Gasteiger partial charge >= 0.3 is 0 Å². The molecule has 2 aromatic rings. The molecular weight excluding hydrogens is 238 g/mol. The molecule has 0 amide bonds. The van der Waals surface area contributed by atoms with Crippen LogP contribution in [0.3, 0.4) is 0 Å². The van der Waals surface area contributed by atoms with Crippen LogP contribution in [-0.2, 0) is 6.42 Å². The van der Waals surface area contributed by atoms with Gasteiger partial charge in [0.1, 0.15) is 5.75 Å². The number of aromatic nitrogens is 2. The maximum absolute atomic E-state index is 6.08. The Morgan fingerprint density at radius 2 is 2.05 bits per heavy atom. The Bertz CT molecular complexity index is 580. The molecule has 19 heavy (non-hydrogen) atoms. The number of nitrogens with zero attached hydrogens (tertiary/aromatic N) is 2. The molecule has 4 heteroatoms. The van der Waals surface area contributed by atoms with Gasteiger partial charge in [-0.2, -0.15) is 0 Å². The number of methoxy groups -OCH3 is 1. The van der Waals surface area contributed by atoms with E-state index < -0.39 is 0 Å². The van der Waals surface area contributed by atoms with Crippen molar-refractivity contribution in [2.75, 3.05) is 7.11 Å². The van der Waals surface area contributed by atoms with E-state index >= 15 is 0 Å². The molecule has 4 nitrogen and oxygen atoms in total. The summed E-state index contributed by atoms with van der Waals surface area (Å²) in [5.41, 5.74) is 9.28. The Morgan fingerprint density at radius 1 is 1.26 bits per heavy atom. The lowest BCUT2D eigenvalue weighted by Gasteiger charge is -2.21. The maximum atomic E-state index is 6.08. The van der Waals surface area contributed by atoms with Crippen molar-refractivity contribution < 1.29 is 4.74 Å². The average molecular weight is 255 g/mol. The first-order valence-corrected chi connectivity index (χ1v) is 6.54. The first kappa shape index (κ1) is 12.1. The third-order valence-electron chi connectivity index (χ3n) is 3.58. The van der Waals surface area contributed by atoms with Gasteiger partial charge in [-0.25, -0.2) is 9.97 Å². The van der Waals surface area contributed by atoms with Crippen molar-refractivity contribution in [1.82, 2.24) is 9.97 Å². The number of ether oxygens (including phenoxy) is 1. The molecule has 0 saturated heterocycles. The predicted octanol–water partition coefficient (Wildman–Crippen LogP) is 2.49. The number of hydrogen-bond acceptors (Lipinski definition) is 4. The van der Waals surface area contributed by atoms with Gasteiger partial charge in [0.05, 0.1) is 7.11 Å². The van der Waals surface area contributed by atoms with Crippen LogP contribution in [0.1, 0.15) is 30.1 Å². The molecule has 1 heterocycles. The number of nitrogens with two attached hydrogens (primary N) is 1. The van der Waals surface area contributed by atoms with Gasteiger partial charge in [0.2, 0.25) is 0 Å². The smallest absolute Gasteiger partial charge is 0.159 e. The van der Waals surface area contributed by atoms with E-state index in [1.807, 2.05) is 30.5 Å². The van der Waals surface area contributed by atoms with Crippen LogP contribution in [0.2, 0.25) is 0 Å². The quantitative estimate of drug-likeness (QED) is 0.895. The number of aryl methyl sites for hydroxylation is 1. The summed E-state index contributed by atoms with van der Waals surface area (Å²) in [6.45, 7) is 0. The third kappa shape index (κ3) is 2.31. The molecule has 0 aliphatic heterocycles. The van der Waals surface area contributed by atoms with E-state index in [-0.39, 0.29) is 6.04 Å². The Morgan fingerprint density at radius 3 is 2.79 bits per heavy atom. The van der Waals surface area contributed by atoms with Crippen molar-refractivity contribution in [3.05, 3.63) is 41.7 Å². The highest BCUT2D eigenvalue weighted by Crippen LogP contribution is 2.28. The second-order valence-corrected chi connectivity index (χ2v) is 4.82. The fourth-order valence-electron chi connectivity index (χ4n) is 2.46. The van der Waals surface area contributed by atoms with Crippen LogP contribution in [-0.4, -0.2) is 17.1 Å². The molecule has 1 atom stereocenters. The van der Waals surface area contributed by atoms with Crippen LogP contribution >= 0.6 is 0 Å². The van der Waals surface area contributed by atoms with Crippen LogP contribution in [0, 0.1) is 0 Å². The topological polar surface area (TPSA) is 61.0 Å². The summed E-state index contributed by atoms with van der Waals surface area (Å²) >= 11 is 0. The Hall–Kier alpha value is -1.94. The van der Waals surface area contributed by atoms with Gasteiger partial charge in [-0.3, -0.25) is 0 Å². The summed E-state index contributed by atoms with van der Waals surface area (Å²) in [6, 6.07) is 7.88. The second kappa shape index (κ2) is 4.97. The molecule has 0 fully saturated rings. The van der Waals surface area contributed by atoms with Crippen molar-refractivity contribution in [1.29, 1.82) is 0 Å². The summed E-state index contributed by atoms with van der Waals surface area (Å²) in [4.78, 5) is 9.09. The van der Waals surface area contributed by atoms with Crippen molar-refractivity contribution in [2.24, 2.45) is 5.73 Å². The maximum Gasteiger partial charge on any atom is 0.159 e. The van der Waals surface area contributed by atoms with E-state index in [1.165, 1.54) is 0 Å². The van der Waals surface area contributed by atoms with Crippen molar-refractivity contribution in [2.45, 2.75) is 25.3 Å². The monoisotopic (exact) mass is 255 g/mol. The van der Waals surface area contributed by atoms with Crippen LogP contribution in [0.4, 0.5) is 0 Å². The molecule has 0 bridgehead atoms. The Kier molecular flexibility index (Phi) is 3.17. The molecule has 0 spiro atoms. The largest absolute Gasteiger partial charge is 0.497 e. The fourth-order valence-corrected chi connectivity index (χ4v) is 2.46. The molecule has 2 N–H and O–H groups in total. The summed E-state index contributed by atoms with van der Waals surface area (Å²) in [7, 11) is 1.66. The second-order valence-electron chi connectivity index (χ2n) is 4.82. The van der Waals surface area contributed by atoms with Crippen LogP contribution in [0.5, 0.6) is 5.75 Å². The standard InChI is InChI=1S/C15H17N3O/c1-19-11-7-5-10(6-8-11)15-17-9-12-13(16)3-2-4-14(12)18-15/h5-9,13H,2-4,16H2,1H3. The lowest BCUT2D eigenvalue weighted by Crippen LogP contribution is -2.19. The molecule has 1 aliphatic rings. The van der Waals surface area contributed by atoms with E-state index in [9.17, 15) is 0 Å². The van der Waals surface area contributed by atoms with E-state index in [2.05, 4.69) is 9.97 Å². The van der Waals surface area contributed by atoms with Gasteiger partial charge in [0.25, 0.3) is 0 Å². The molecule has 0 saturated carbocycles. The summed E-state index contributed by atoms with van der Waals surface area (Å²) < 4.78 is 5.15. The summed E-state index contributed by atoms with van der Waals surface area (Å²) in [6.07, 6.45) is 5.01. The van der Waals surface area contributed by atoms with E-state index in [1.54, 1.807) is 7.11 Å².